The van der Waals surface area contributed by atoms with Crippen molar-refractivity contribution in [1.29, 1.82) is 0 Å². The van der Waals surface area contributed by atoms with Crippen LogP contribution >= 0.6 is 11.6 Å². The van der Waals surface area contributed by atoms with E-state index >= 15 is 0 Å². The van der Waals surface area contributed by atoms with E-state index in [0.29, 0.717) is 5.82 Å². The van der Waals surface area contributed by atoms with E-state index in [-0.39, 0.29) is 10.9 Å². The lowest BCUT2D eigenvalue weighted by Gasteiger charge is -2.22. The summed E-state index contributed by atoms with van der Waals surface area (Å²) in [6.45, 7) is 4.74. The Balaban J connectivity index is 1.39. The van der Waals surface area contributed by atoms with Gasteiger partial charge in [0.25, 0.3) is 0 Å². The first kappa shape index (κ1) is 20.6. The van der Waals surface area contributed by atoms with E-state index in [1.807, 2.05) is 59.6 Å². The number of rotatable bonds is 4. The molecule has 4 aromatic rings. The topological polar surface area (TPSA) is 61.4 Å². The van der Waals surface area contributed by atoms with Crippen LogP contribution in [0.25, 0.3) is 17.8 Å². The highest BCUT2D eigenvalue weighted by molar-refractivity contribution is 6.30. The van der Waals surface area contributed by atoms with Crippen molar-refractivity contribution in [1.82, 2.24) is 29.3 Å². The normalized spacial score (nSPS) is 15.9. The Kier molecular flexibility index (Phi) is 5.35. The highest BCUT2D eigenvalue weighted by Crippen LogP contribution is 2.33. The van der Waals surface area contributed by atoms with Gasteiger partial charge in [-0.15, -0.1) is 0 Å². The van der Waals surface area contributed by atoms with E-state index < -0.39 is 5.82 Å². The fraction of sp³-hybridized carbons (Fsp3) is 0.250. The van der Waals surface area contributed by atoms with Crippen LogP contribution < -0.4 is 0 Å². The van der Waals surface area contributed by atoms with Gasteiger partial charge in [-0.2, -0.15) is 5.10 Å². The maximum atomic E-state index is 14.0. The van der Waals surface area contributed by atoms with Crippen LogP contribution in [0.15, 0.2) is 42.9 Å². The van der Waals surface area contributed by atoms with Crippen LogP contribution in [0.4, 0.5) is 4.39 Å². The average molecular weight is 449 g/mol. The largest absolute Gasteiger partial charge is 0.304 e. The number of nitrogens with zero attached hydrogens (tertiary/aromatic N) is 6. The molecular formula is C24H22ClFN6. The molecule has 6 nitrogen and oxygen atoms in total. The number of halogens is 2. The predicted molar refractivity (Wildman–Crippen MR) is 122 cm³/mol. The molecule has 162 valence electrons. The van der Waals surface area contributed by atoms with E-state index in [0.717, 1.165) is 53.5 Å². The summed E-state index contributed by atoms with van der Waals surface area (Å²) in [5.74, 6) is 1.07. The predicted octanol–water partition coefficient (Wildman–Crippen LogP) is 5.36. The van der Waals surface area contributed by atoms with Crippen molar-refractivity contribution in [2.45, 2.75) is 39.2 Å². The van der Waals surface area contributed by atoms with Crippen LogP contribution in [-0.4, -0.2) is 29.3 Å². The molecule has 0 amide bonds. The van der Waals surface area contributed by atoms with Crippen LogP contribution in [-0.2, 0) is 6.54 Å². The number of aromatic nitrogens is 6. The molecule has 0 aliphatic carbocycles. The van der Waals surface area contributed by atoms with Gasteiger partial charge in [0.2, 0.25) is 0 Å². The first-order valence-electron chi connectivity index (χ1n) is 10.5. The van der Waals surface area contributed by atoms with Gasteiger partial charge in [-0.05, 0) is 68.7 Å². The van der Waals surface area contributed by atoms with Crippen molar-refractivity contribution in [3.63, 3.8) is 0 Å². The minimum Gasteiger partial charge on any atom is -0.304 e. The van der Waals surface area contributed by atoms with E-state index in [1.165, 1.54) is 6.07 Å². The second kappa shape index (κ2) is 8.31. The zero-order valence-corrected chi connectivity index (χ0v) is 18.6. The van der Waals surface area contributed by atoms with Crippen molar-refractivity contribution < 1.29 is 4.39 Å². The molecule has 0 saturated carbocycles. The Hall–Kier alpha value is -3.32. The highest BCUT2D eigenvalue weighted by atomic mass is 35.5. The van der Waals surface area contributed by atoms with Crippen molar-refractivity contribution >= 4 is 23.8 Å². The minimum atomic E-state index is -0.406. The van der Waals surface area contributed by atoms with Gasteiger partial charge < -0.3 is 4.57 Å². The van der Waals surface area contributed by atoms with Crippen LogP contribution in [0, 0.1) is 19.7 Å². The molecule has 1 aliphatic rings. The van der Waals surface area contributed by atoms with E-state index in [4.69, 9.17) is 16.6 Å². The first-order chi connectivity index (χ1) is 15.5. The minimum absolute atomic E-state index is 0.00320. The molecule has 0 bridgehead atoms. The lowest BCUT2D eigenvalue weighted by atomic mass is 9.91. The van der Waals surface area contributed by atoms with Gasteiger partial charge in [-0.3, -0.25) is 4.98 Å². The molecule has 5 rings (SSSR count). The Morgan fingerprint density at radius 1 is 1.12 bits per heavy atom. The Morgan fingerprint density at radius 2 is 2.00 bits per heavy atom. The molecule has 32 heavy (non-hydrogen) atoms. The number of imidazole rings is 1. The summed E-state index contributed by atoms with van der Waals surface area (Å²) in [7, 11) is 0. The van der Waals surface area contributed by atoms with Crippen molar-refractivity contribution in [3.05, 3.63) is 88.0 Å². The van der Waals surface area contributed by atoms with Crippen molar-refractivity contribution in [3.8, 4) is 5.69 Å². The van der Waals surface area contributed by atoms with Gasteiger partial charge in [0, 0.05) is 18.7 Å². The fourth-order valence-corrected chi connectivity index (χ4v) is 4.25. The highest BCUT2D eigenvalue weighted by Gasteiger charge is 2.26. The molecule has 0 unspecified atom stereocenters. The van der Waals surface area contributed by atoms with Gasteiger partial charge >= 0.3 is 0 Å². The molecule has 3 aromatic heterocycles. The summed E-state index contributed by atoms with van der Waals surface area (Å²) in [5.41, 5.74) is 4.57. The SMILES string of the molecule is Cc1cn(-c2ccc(/C=C/c3nc4n(n3)CCC[C@H]4c3ccc(Cl)c(F)c3)nc2C)cn1. The first-order valence-corrected chi connectivity index (χ1v) is 10.9. The van der Waals surface area contributed by atoms with Gasteiger partial charge in [0.1, 0.15) is 11.6 Å². The fourth-order valence-electron chi connectivity index (χ4n) is 4.14. The summed E-state index contributed by atoms with van der Waals surface area (Å²) in [6, 6.07) is 8.96. The molecule has 1 aromatic carbocycles. The lowest BCUT2D eigenvalue weighted by Crippen LogP contribution is -2.18. The summed E-state index contributed by atoms with van der Waals surface area (Å²) >= 11 is 5.85. The maximum absolute atomic E-state index is 14.0. The number of hydrogen-bond donors (Lipinski definition) is 0. The molecule has 4 heterocycles. The Bertz CT molecular complexity index is 1320. The lowest BCUT2D eigenvalue weighted by molar-refractivity contribution is 0.444. The Labute approximate surface area is 190 Å². The van der Waals surface area contributed by atoms with Crippen molar-refractivity contribution in [2.24, 2.45) is 0 Å². The number of benzene rings is 1. The van der Waals surface area contributed by atoms with E-state index in [9.17, 15) is 4.39 Å². The molecule has 0 fully saturated rings. The summed E-state index contributed by atoms with van der Waals surface area (Å²) < 4.78 is 17.9. The molecule has 1 atom stereocenters. The molecule has 8 heteroatoms. The zero-order valence-electron chi connectivity index (χ0n) is 17.8. The summed E-state index contributed by atoms with van der Waals surface area (Å²) in [5, 5.41) is 4.76. The molecule has 0 N–H and O–H groups in total. The molecular weight excluding hydrogens is 427 g/mol. The number of fused-ring (bicyclic) bond motifs is 1. The molecule has 0 spiro atoms. The average Bonchev–Trinajstić information content (AvgIpc) is 3.40. The number of aryl methyl sites for hydroxylation is 3. The van der Waals surface area contributed by atoms with E-state index in [2.05, 4.69) is 15.1 Å². The standard InChI is InChI=1S/C24H22ClFN6/c1-15-13-31(14-27-15)22-9-6-18(28-16(22)2)7-10-23-29-24-19(4-3-11-32(24)30-23)17-5-8-20(25)21(26)12-17/h5-10,12-14,19H,3-4,11H2,1-2H3/b10-7+/t19-/m0/s1. The third-order valence-electron chi connectivity index (χ3n) is 5.71. The van der Waals surface area contributed by atoms with Gasteiger partial charge in [-0.25, -0.2) is 19.0 Å². The third-order valence-corrected chi connectivity index (χ3v) is 6.02. The smallest absolute Gasteiger partial charge is 0.174 e. The van der Waals surface area contributed by atoms with Crippen molar-refractivity contribution in [2.75, 3.05) is 0 Å². The van der Waals surface area contributed by atoms with Crippen LogP contribution in [0.1, 0.15) is 53.1 Å². The maximum Gasteiger partial charge on any atom is 0.174 e. The van der Waals surface area contributed by atoms with Crippen LogP contribution in [0.2, 0.25) is 5.02 Å². The second-order valence-electron chi connectivity index (χ2n) is 8.02. The van der Waals surface area contributed by atoms with Gasteiger partial charge in [0.05, 0.1) is 34.1 Å². The van der Waals surface area contributed by atoms with Crippen LogP contribution in [0.5, 0.6) is 0 Å². The Morgan fingerprint density at radius 3 is 2.75 bits per heavy atom. The number of pyridine rings is 1. The molecule has 1 aliphatic heterocycles. The van der Waals surface area contributed by atoms with E-state index in [1.54, 1.807) is 12.4 Å². The summed E-state index contributed by atoms with van der Waals surface area (Å²) in [4.78, 5) is 13.7. The summed E-state index contributed by atoms with van der Waals surface area (Å²) in [6.07, 6.45) is 9.41. The quantitative estimate of drug-likeness (QED) is 0.421. The zero-order chi connectivity index (χ0) is 22.2. The second-order valence-corrected chi connectivity index (χ2v) is 8.42. The molecule has 0 radical (unpaired) electrons. The van der Waals surface area contributed by atoms with Gasteiger partial charge in [-0.1, -0.05) is 17.7 Å². The number of hydrogen-bond acceptors (Lipinski definition) is 4. The molecule has 0 saturated heterocycles. The van der Waals surface area contributed by atoms with Crippen LogP contribution in [0.3, 0.4) is 0 Å². The third kappa shape index (κ3) is 3.96. The van der Waals surface area contributed by atoms with Gasteiger partial charge in [0.15, 0.2) is 5.82 Å². The monoisotopic (exact) mass is 448 g/mol.